The Bertz CT molecular complexity index is 343. The molecule has 2 nitrogen and oxygen atoms in total. The summed E-state index contributed by atoms with van der Waals surface area (Å²) in [6.45, 7) is -1.12. The van der Waals surface area contributed by atoms with Crippen LogP contribution in [0.25, 0.3) is 0 Å². The van der Waals surface area contributed by atoms with Gasteiger partial charge in [-0.1, -0.05) is 12.1 Å². The molecule has 1 aromatic carbocycles. The summed E-state index contributed by atoms with van der Waals surface area (Å²) in [5.41, 5.74) is 4.41. The van der Waals surface area contributed by atoms with Gasteiger partial charge in [0.05, 0.1) is 5.56 Å². The number of alkyl halides is 3. The molecule has 0 fully saturated rings. The van der Waals surface area contributed by atoms with Crippen molar-refractivity contribution >= 4 is 0 Å². The van der Waals surface area contributed by atoms with Crippen molar-refractivity contribution in [2.75, 3.05) is 0 Å². The van der Waals surface area contributed by atoms with Gasteiger partial charge in [0.15, 0.2) is 0 Å². The van der Waals surface area contributed by atoms with E-state index < -0.39 is 18.3 Å². The number of nitrogens with two attached hydrogens (primary N) is 1. The third kappa shape index (κ3) is 2.45. The predicted octanol–water partition coefficient (Wildman–Crippen LogP) is 2.57. The zero-order chi connectivity index (χ0) is 11.5. The van der Waals surface area contributed by atoms with Crippen LogP contribution < -0.4 is 5.73 Å². The Morgan fingerprint density at radius 2 is 2.00 bits per heavy atom. The van der Waals surface area contributed by atoms with Gasteiger partial charge < -0.3 is 5.73 Å². The summed E-state index contributed by atoms with van der Waals surface area (Å²) in [6.07, 6.45) is -4.15. The molecule has 0 amide bonds. The summed E-state index contributed by atoms with van der Waals surface area (Å²) in [5.74, 6) is 0. The Labute approximate surface area is 83.5 Å². The Morgan fingerprint density at radius 1 is 1.33 bits per heavy atom. The van der Waals surface area contributed by atoms with Crippen LogP contribution in [-0.4, -0.2) is 0 Å². The van der Waals surface area contributed by atoms with Crippen LogP contribution in [0.1, 0.15) is 16.7 Å². The first-order valence-electron chi connectivity index (χ1n) is 4.11. The highest BCUT2D eigenvalue weighted by Gasteiger charge is 2.36. The molecule has 0 aliphatic carbocycles. The van der Waals surface area contributed by atoms with Gasteiger partial charge in [-0.05, 0) is 21.7 Å². The van der Waals surface area contributed by atoms with Crippen LogP contribution in [0.5, 0.6) is 0 Å². The van der Waals surface area contributed by atoms with Gasteiger partial charge in [-0.15, -0.1) is 4.94 Å². The van der Waals surface area contributed by atoms with E-state index in [9.17, 15) is 17.7 Å². The average molecular weight is 223 g/mol. The Hall–Kier alpha value is -1.14. The van der Waals surface area contributed by atoms with E-state index in [1.807, 2.05) is 0 Å². The highest BCUT2D eigenvalue weighted by atomic mass is 19.4. The molecule has 0 saturated carbocycles. The third-order valence-corrected chi connectivity index (χ3v) is 1.96. The molecule has 0 heterocycles. The smallest absolute Gasteiger partial charge is 0.326 e. The van der Waals surface area contributed by atoms with Crippen LogP contribution in [0.15, 0.2) is 18.2 Å². The summed E-state index contributed by atoms with van der Waals surface area (Å²) in [6, 6.07) is 3.45. The number of hydrogen-bond acceptors (Lipinski definition) is 2. The van der Waals surface area contributed by atoms with Gasteiger partial charge >= 0.3 is 6.11 Å². The average Bonchev–Trinajstić information content (AvgIpc) is 2.28. The van der Waals surface area contributed by atoms with Crippen molar-refractivity contribution in [1.82, 2.24) is 0 Å². The molecule has 0 saturated heterocycles. The van der Waals surface area contributed by atoms with Crippen LogP contribution in [0.2, 0.25) is 0 Å². The van der Waals surface area contributed by atoms with Gasteiger partial charge in [-0.3, -0.25) is 0 Å². The topological polar surface area (TPSA) is 35.2 Å². The van der Waals surface area contributed by atoms with E-state index >= 15 is 0 Å². The van der Waals surface area contributed by atoms with E-state index in [2.05, 4.69) is 4.94 Å². The molecule has 15 heavy (non-hydrogen) atoms. The molecule has 0 atom stereocenters. The molecule has 0 aliphatic heterocycles. The summed E-state index contributed by atoms with van der Waals surface area (Å²) < 4.78 is 49.6. The molecule has 0 radical (unpaired) electrons. The van der Waals surface area contributed by atoms with E-state index in [4.69, 9.17) is 5.73 Å². The molecular weight excluding hydrogens is 214 g/mol. The fourth-order valence-electron chi connectivity index (χ4n) is 1.18. The standard InChI is InChI=1S/C9H9F4NO/c10-4-7-2-1-6(5-14)3-8(7)9(11,12)15-13/h1-3H,4-5,14H2. The van der Waals surface area contributed by atoms with Crippen LogP contribution in [0.4, 0.5) is 17.7 Å². The lowest BCUT2D eigenvalue weighted by Gasteiger charge is -2.14. The molecule has 0 aromatic heterocycles. The van der Waals surface area contributed by atoms with Crippen molar-refractivity contribution < 1.29 is 22.6 Å². The zero-order valence-corrected chi connectivity index (χ0v) is 7.64. The predicted molar refractivity (Wildman–Crippen MR) is 45.2 cm³/mol. The maximum absolute atomic E-state index is 12.8. The van der Waals surface area contributed by atoms with E-state index in [0.29, 0.717) is 5.56 Å². The van der Waals surface area contributed by atoms with Gasteiger partial charge in [0.25, 0.3) is 0 Å². The van der Waals surface area contributed by atoms with E-state index in [0.717, 1.165) is 12.1 Å². The van der Waals surface area contributed by atoms with Crippen molar-refractivity contribution in [3.8, 4) is 0 Å². The maximum Gasteiger partial charge on any atom is 0.413 e. The Balaban J connectivity index is 3.23. The largest absolute Gasteiger partial charge is 0.413 e. The fourth-order valence-corrected chi connectivity index (χ4v) is 1.18. The minimum Gasteiger partial charge on any atom is -0.326 e. The molecule has 1 rings (SSSR count). The lowest BCUT2D eigenvalue weighted by atomic mass is 10.0. The minimum absolute atomic E-state index is 0.00192. The van der Waals surface area contributed by atoms with Gasteiger partial charge in [0, 0.05) is 6.54 Å². The first kappa shape index (κ1) is 11.9. The third-order valence-electron chi connectivity index (χ3n) is 1.96. The summed E-state index contributed by atoms with van der Waals surface area (Å²) in [4.78, 5) is 2.52. The number of halogens is 4. The number of benzene rings is 1. The van der Waals surface area contributed by atoms with Crippen LogP contribution in [0.3, 0.4) is 0 Å². The van der Waals surface area contributed by atoms with Gasteiger partial charge in [0.1, 0.15) is 6.67 Å². The zero-order valence-electron chi connectivity index (χ0n) is 7.64. The van der Waals surface area contributed by atoms with Gasteiger partial charge in [0.2, 0.25) is 0 Å². The first-order chi connectivity index (χ1) is 7.05. The van der Waals surface area contributed by atoms with Gasteiger partial charge in [-0.25, -0.2) is 4.39 Å². The first-order valence-corrected chi connectivity index (χ1v) is 4.11. The van der Waals surface area contributed by atoms with Crippen LogP contribution >= 0.6 is 0 Å². The highest BCUT2D eigenvalue weighted by molar-refractivity contribution is 5.33. The molecule has 6 heteroatoms. The Kier molecular flexibility index (Phi) is 3.65. The second-order valence-electron chi connectivity index (χ2n) is 2.92. The lowest BCUT2D eigenvalue weighted by molar-refractivity contribution is -0.364. The van der Waals surface area contributed by atoms with E-state index in [1.165, 1.54) is 6.07 Å². The second kappa shape index (κ2) is 4.59. The number of hydrogen-bond donors (Lipinski definition) is 1. The molecule has 0 unspecified atom stereocenters. The summed E-state index contributed by atoms with van der Waals surface area (Å²) >= 11 is 0. The fraction of sp³-hybridized carbons (Fsp3) is 0.333. The molecule has 0 aliphatic rings. The van der Waals surface area contributed by atoms with Crippen molar-refractivity contribution in [1.29, 1.82) is 0 Å². The molecule has 2 N–H and O–H groups in total. The molecule has 1 aromatic rings. The number of rotatable bonds is 4. The van der Waals surface area contributed by atoms with Crippen molar-refractivity contribution in [2.45, 2.75) is 19.3 Å². The summed E-state index contributed by atoms with van der Waals surface area (Å²) in [5, 5.41) is 0. The molecule has 0 spiro atoms. The molecule has 84 valence electrons. The summed E-state index contributed by atoms with van der Waals surface area (Å²) in [7, 11) is 0. The monoisotopic (exact) mass is 223 g/mol. The Morgan fingerprint density at radius 3 is 2.47 bits per heavy atom. The minimum atomic E-state index is -4.15. The van der Waals surface area contributed by atoms with Gasteiger partial charge in [-0.2, -0.15) is 8.78 Å². The second-order valence-corrected chi connectivity index (χ2v) is 2.92. The van der Waals surface area contributed by atoms with E-state index in [-0.39, 0.29) is 12.1 Å². The quantitative estimate of drug-likeness (QED) is 0.796. The van der Waals surface area contributed by atoms with Crippen LogP contribution in [0, 0.1) is 0 Å². The molecule has 0 bridgehead atoms. The normalized spacial score (nSPS) is 11.8. The SMILES string of the molecule is NCc1ccc(CF)c(C(F)(F)OF)c1. The maximum atomic E-state index is 12.8. The highest BCUT2D eigenvalue weighted by Crippen LogP contribution is 2.33. The van der Waals surface area contributed by atoms with Crippen LogP contribution in [-0.2, 0) is 24.3 Å². The lowest BCUT2D eigenvalue weighted by Crippen LogP contribution is -2.17. The molecular formula is C9H9F4NO. The van der Waals surface area contributed by atoms with Crippen molar-refractivity contribution in [3.63, 3.8) is 0 Å². The van der Waals surface area contributed by atoms with Crippen molar-refractivity contribution in [3.05, 3.63) is 34.9 Å². The van der Waals surface area contributed by atoms with E-state index in [1.54, 1.807) is 0 Å². The van der Waals surface area contributed by atoms with Crippen molar-refractivity contribution in [2.24, 2.45) is 5.73 Å².